The Morgan fingerprint density at radius 3 is 2.62 bits per heavy atom. The number of aliphatic hydroxyl groups is 1. The van der Waals surface area contributed by atoms with E-state index in [1.807, 2.05) is 24.3 Å². The normalized spacial score (nSPS) is 23.4. The van der Waals surface area contributed by atoms with Gasteiger partial charge in [0.25, 0.3) is 5.91 Å². The molecule has 2 unspecified atom stereocenters. The summed E-state index contributed by atoms with van der Waals surface area (Å²) in [5.41, 5.74) is 4.89. The summed E-state index contributed by atoms with van der Waals surface area (Å²) >= 11 is 3.47. The molecule has 2 fully saturated rings. The number of rotatable bonds is 5. The van der Waals surface area contributed by atoms with Gasteiger partial charge in [0.2, 0.25) is 0 Å². The molecule has 1 heterocycles. The van der Waals surface area contributed by atoms with Gasteiger partial charge in [-0.05, 0) is 84.0 Å². The Labute approximate surface area is 178 Å². The monoisotopic (exact) mass is 453 g/mol. The molecule has 5 rings (SSSR count). The topological polar surface area (TPSA) is 67.2 Å². The third kappa shape index (κ3) is 3.01. The second kappa shape index (κ2) is 6.67. The molecule has 3 aromatic rings. The largest absolute Gasteiger partial charge is 0.396 e. The molecule has 6 heteroatoms. The first-order chi connectivity index (χ1) is 14.0. The van der Waals surface area contributed by atoms with Crippen molar-refractivity contribution < 1.29 is 9.90 Å². The first-order valence-electron chi connectivity index (χ1n) is 10.1. The number of nitrogens with one attached hydrogen (secondary N) is 1. The number of hydrogen-bond donors (Lipinski definition) is 2. The SMILES string of the molecule is CNC(=O)c1c2cc(C3CC3)c(C3(C)CC3CO)cc2nn1-c1ccc(Br)cc1. The van der Waals surface area contributed by atoms with Crippen molar-refractivity contribution in [3.8, 4) is 5.69 Å². The Morgan fingerprint density at radius 2 is 2.03 bits per heavy atom. The molecule has 150 valence electrons. The molecule has 0 spiro atoms. The summed E-state index contributed by atoms with van der Waals surface area (Å²) in [4.78, 5) is 12.8. The lowest BCUT2D eigenvalue weighted by atomic mass is 9.87. The highest BCUT2D eigenvalue weighted by Gasteiger charge is 2.52. The predicted octanol–water partition coefficient (Wildman–Crippen LogP) is 4.29. The van der Waals surface area contributed by atoms with Crippen molar-refractivity contribution in [1.82, 2.24) is 15.1 Å². The summed E-state index contributed by atoms with van der Waals surface area (Å²) in [5.74, 6) is 0.722. The maximum absolute atomic E-state index is 12.8. The number of amides is 1. The van der Waals surface area contributed by atoms with Gasteiger partial charge in [0, 0.05) is 23.5 Å². The Hall–Kier alpha value is -2.18. The van der Waals surface area contributed by atoms with Gasteiger partial charge in [-0.2, -0.15) is 5.10 Å². The molecule has 2 aliphatic carbocycles. The van der Waals surface area contributed by atoms with E-state index in [1.165, 1.54) is 24.0 Å². The van der Waals surface area contributed by atoms with Crippen molar-refractivity contribution in [2.75, 3.05) is 13.7 Å². The second-order valence-electron chi connectivity index (χ2n) is 8.55. The second-order valence-corrected chi connectivity index (χ2v) is 9.46. The quantitative estimate of drug-likeness (QED) is 0.605. The maximum atomic E-state index is 12.8. The molecule has 0 saturated heterocycles. The van der Waals surface area contributed by atoms with Crippen LogP contribution in [0.15, 0.2) is 40.9 Å². The van der Waals surface area contributed by atoms with Crippen molar-refractivity contribution in [3.05, 3.63) is 57.7 Å². The lowest BCUT2D eigenvalue weighted by Gasteiger charge is -2.17. The fourth-order valence-electron chi connectivity index (χ4n) is 4.53. The Balaban J connectivity index is 1.75. The number of halogens is 1. The minimum atomic E-state index is -0.143. The van der Waals surface area contributed by atoms with E-state index in [0.29, 0.717) is 17.5 Å². The van der Waals surface area contributed by atoms with Gasteiger partial charge in [-0.1, -0.05) is 22.9 Å². The Morgan fingerprint density at radius 1 is 1.31 bits per heavy atom. The smallest absolute Gasteiger partial charge is 0.270 e. The summed E-state index contributed by atoms with van der Waals surface area (Å²) in [5, 5.41) is 18.2. The van der Waals surface area contributed by atoms with Crippen LogP contribution in [0.25, 0.3) is 16.6 Å². The molecule has 0 radical (unpaired) electrons. The van der Waals surface area contributed by atoms with E-state index in [2.05, 4.69) is 40.3 Å². The van der Waals surface area contributed by atoms with Crippen molar-refractivity contribution in [2.45, 2.75) is 37.5 Å². The molecule has 2 N–H and O–H groups in total. The number of benzene rings is 2. The van der Waals surface area contributed by atoms with Gasteiger partial charge in [0.15, 0.2) is 0 Å². The summed E-state index contributed by atoms with van der Waals surface area (Å²) in [6.45, 7) is 2.46. The standard InChI is InChI=1S/C23H24BrN3O2/c1-23(11-14(23)12-28)19-10-20-18(9-17(19)13-3-4-13)21(22(29)25-2)27(26-20)16-7-5-15(24)6-8-16/h5-10,13-14,28H,3-4,11-12H2,1-2H3,(H,25,29). The summed E-state index contributed by atoms with van der Waals surface area (Å²) in [7, 11) is 1.65. The molecule has 0 bridgehead atoms. The summed E-state index contributed by atoms with van der Waals surface area (Å²) < 4.78 is 2.73. The first-order valence-corrected chi connectivity index (χ1v) is 10.9. The molecule has 2 atom stereocenters. The number of carbonyl (C=O) groups is 1. The van der Waals surface area contributed by atoms with Crippen LogP contribution in [0.1, 0.15) is 53.7 Å². The van der Waals surface area contributed by atoms with Crippen LogP contribution < -0.4 is 5.32 Å². The molecule has 0 aliphatic heterocycles. The zero-order chi connectivity index (χ0) is 20.3. The van der Waals surface area contributed by atoms with E-state index in [1.54, 1.807) is 11.7 Å². The van der Waals surface area contributed by atoms with E-state index in [-0.39, 0.29) is 17.9 Å². The van der Waals surface area contributed by atoms with Crippen LogP contribution in [0.4, 0.5) is 0 Å². The highest BCUT2D eigenvalue weighted by Crippen LogP contribution is 2.58. The molecule has 2 aromatic carbocycles. The van der Waals surface area contributed by atoms with E-state index >= 15 is 0 Å². The van der Waals surface area contributed by atoms with Crippen LogP contribution in [0.2, 0.25) is 0 Å². The van der Waals surface area contributed by atoms with Gasteiger partial charge >= 0.3 is 0 Å². The van der Waals surface area contributed by atoms with Gasteiger partial charge in [-0.15, -0.1) is 0 Å². The fraction of sp³-hybridized carbons (Fsp3) is 0.391. The average Bonchev–Trinajstić information content (AvgIpc) is 3.64. The van der Waals surface area contributed by atoms with Crippen LogP contribution in [-0.4, -0.2) is 34.4 Å². The zero-order valence-corrected chi connectivity index (χ0v) is 18.2. The van der Waals surface area contributed by atoms with Crippen LogP contribution in [0, 0.1) is 5.92 Å². The van der Waals surface area contributed by atoms with Gasteiger partial charge in [0.1, 0.15) is 5.69 Å². The van der Waals surface area contributed by atoms with Crippen molar-refractivity contribution in [1.29, 1.82) is 0 Å². The Kier molecular flexibility index (Phi) is 4.33. The van der Waals surface area contributed by atoms with Crippen molar-refractivity contribution in [3.63, 3.8) is 0 Å². The van der Waals surface area contributed by atoms with Gasteiger partial charge in [-0.3, -0.25) is 4.79 Å². The molecule has 1 aromatic heterocycles. The molecule has 1 amide bonds. The minimum absolute atomic E-state index is 0.00936. The molecule has 5 nitrogen and oxygen atoms in total. The van der Waals surface area contributed by atoms with Crippen LogP contribution in [0.3, 0.4) is 0 Å². The van der Waals surface area contributed by atoms with E-state index in [0.717, 1.165) is 27.5 Å². The third-order valence-corrected chi connectivity index (χ3v) is 7.15. The van der Waals surface area contributed by atoms with Crippen LogP contribution >= 0.6 is 15.9 Å². The fourth-order valence-corrected chi connectivity index (χ4v) is 4.80. The number of fused-ring (bicyclic) bond motifs is 1. The van der Waals surface area contributed by atoms with Gasteiger partial charge in [-0.25, -0.2) is 4.68 Å². The Bertz CT molecular complexity index is 1120. The van der Waals surface area contributed by atoms with Crippen LogP contribution in [-0.2, 0) is 5.41 Å². The van der Waals surface area contributed by atoms with Crippen LogP contribution in [0.5, 0.6) is 0 Å². The van der Waals surface area contributed by atoms with Crippen molar-refractivity contribution >= 4 is 32.7 Å². The van der Waals surface area contributed by atoms with E-state index in [9.17, 15) is 9.90 Å². The first kappa shape index (κ1) is 18.8. The summed E-state index contributed by atoms with van der Waals surface area (Å²) in [6.07, 6.45) is 3.38. The number of aliphatic hydroxyl groups excluding tert-OH is 1. The molecular formula is C23H24BrN3O2. The average molecular weight is 454 g/mol. The van der Waals surface area contributed by atoms with E-state index in [4.69, 9.17) is 5.10 Å². The summed E-state index contributed by atoms with van der Waals surface area (Å²) in [6, 6.07) is 12.2. The zero-order valence-electron chi connectivity index (χ0n) is 16.6. The number of carbonyl (C=O) groups excluding carboxylic acids is 1. The highest BCUT2D eigenvalue weighted by molar-refractivity contribution is 9.10. The lowest BCUT2D eigenvalue weighted by Crippen LogP contribution is -2.22. The molecular weight excluding hydrogens is 430 g/mol. The van der Waals surface area contributed by atoms with Crippen molar-refractivity contribution in [2.24, 2.45) is 5.92 Å². The minimum Gasteiger partial charge on any atom is -0.396 e. The van der Waals surface area contributed by atoms with E-state index < -0.39 is 0 Å². The molecule has 2 aliphatic rings. The number of aromatic nitrogens is 2. The predicted molar refractivity (Wildman–Crippen MR) is 117 cm³/mol. The van der Waals surface area contributed by atoms with Gasteiger partial charge in [0.05, 0.1) is 11.2 Å². The highest BCUT2D eigenvalue weighted by atomic mass is 79.9. The number of hydrogen-bond acceptors (Lipinski definition) is 3. The molecule has 29 heavy (non-hydrogen) atoms. The molecule has 2 saturated carbocycles. The number of nitrogens with zero attached hydrogens (tertiary/aromatic N) is 2. The lowest BCUT2D eigenvalue weighted by molar-refractivity contribution is 0.0957. The van der Waals surface area contributed by atoms with Gasteiger partial charge < -0.3 is 10.4 Å². The third-order valence-electron chi connectivity index (χ3n) is 6.62. The maximum Gasteiger partial charge on any atom is 0.270 e.